The lowest BCUT2D eigenvalue weighted by molar-refractivity contribution is 0.0554. The number of carbonyl (C=O) groups is 1. The van der Waals surface area contributed by atoms with Crippen LogP contribution >= 0.6 is 11.7 Å². The first-order valence-electron chi connectivity index (χ1n) is 7.05. The van der Waals surface area contributed by atoms with Crippen LogP contribution in [0.3, 0.4) is 0 Å². The number of piperazine rings is 1. The van der Waals surface area contributed by atoms with E-state index in [4.69, 9.17) is 0 Å². The van der Waals surface area contributed by atoms with E-state index in [0.717, 1.165) is 35.9 Å². The van der Waals surface area contributed by atoms with E-state index in [1.54, 1.807) is 6.92 Å². The summed E-state index contributed by atoms with van der Waals surface area (Å²) in [5, 5.41) is 9.40. The molecule has 7 heteroatoms. The Balaban J connectivity index is 1.66. The third kappa shape index (κ3) is 3.20. The van der Waals surface area contributed by atoms with Crippen LogP contribution in [-0.4, -0.2) is 68.4 Å². The molecule has 6 nitrogen and oxygen atoms in total. The van der Waals surface area contributed by atoms with Crippen LogP contribution in [0.1, 0.15) is 17.3 Å². The molecule has 1 saturated heterocycles. The molecule has 0 unspecified atom stereocenters. The zero-order valence-corrected chi connectivity index (χ0v) is 12.7. The number of hydrogen-bond donors (Lipinski definition) is 1. The zero-order valence-electron chi connectivity index (χ0n) is 11.9. The molecule has 1 N–H and O–H groups in total. The number of aromatic nitrogens is 2. The number of rotatable bonds is 3. The fourth-order valence-electron chi connectivity index (χ4n) is 2.60. The highest BCUT2D eigenvalue weighted by molar-refractivity contribution is 7.00. The van der Waals surface area contributed by atoms with Gasteiger partial charge in [-0.05, 0) is 25.1 Å². The van der Waals surface area contributed by atoms with E-state index in [2.05, 4.69) is 13.6 Å². The van der Waals surface area contributed by atoms with Crippen LogP contribution in [0.25, 0.3) is 11.0 Å². The lowest BCUT2D eigenvalue weighted by Crippen LogP contribution is -2.50. The Morgan fingerprint density at radius 2 is 2.00 bits per heavy atom. The lowest BCUT2D eigenvalue weighted by Gasteiger charge is -2.35. The Kier molecular flexibility index (Phi) is 4.14. The minimum atomic E-state index is -0.327. The Bertz CT molecular complexity index is 635. The molecule has 21 heavy (non-hydrogen) atoms. The maximum absolute atomic E-state index is 12.5. The molecule has 3 rings (SSSR count). The Morgan fingerprint density at radius 3 is 2.71 bits per heavy atom. The van der Waals surface area contributed by atoms with Gasteiger partial charge in [0.1, 0.15) is 11.0 Å². The molecule has 0 bridgehead atoms. The molecule has 2 heterocycles. The summed E-state index contributed by atoms with van der Waals surface area (Å²) in [5.41, 5.74) is 2.27. The van der Waals surface area contributed by atoms with Crippen LogP contribution in [0, 0.1) is 0 Å². The average molecular weight is 306 g/mol. The largest absolute Gasteiger partial charge is 0.392 e. The normalized spacial score (nSPS) is 18.1. The van der Waals surface area contributed by atoms with Crippen LogP contribution in [0.5, 0.6) is 0 Å². The lowest BCUT2D eigenvalue weighted by atomic mass is 10.1. The summed E-state index contributed by atoms with van der Waals surface area (Å²) in [7, 11) is 0. The van der Waals surface area contributed by atoms with Gasteiger partial charge in [-0.15, -0.1) is 0 Å². The summed E-state index contributed by atoms with van der Waals surface area (Å²) < 4.78 is 8.32. The standard InChI is InChI=1S/C14H18N4O2S/c1-10(19)9-17-4-6-18(7-5-17)14(20)11-2-3-12-13(8-11)16-21-15-12/h2-3,8,10,19H,4-7,9H2,1H3/t10-/m1/s1. The van der Waals surface area contributed by atoms with Gasteiger partial charge < -0.3 is 10.0 Å². The maximum Gasteiger partial charge on any atom is 0.254 e. The summed E-state index contributed by atoms with van der Waals surface area (Å²) in [4.78, 5) is 16.6. The number of fused-ring (bicyclic) bond motifs is 1. The minimum Gasteiger partial charge on any atom is -0.392 e. The van der Waals surface area contributed by atoms with Gasteiger partial charge in [-0.2, -0.15) is 8.75 Å². The summed E-state index contributed by atoms with van der Waals surface area (Å²) in [6, 6.07) is 5.47. The van der Waals surface area contributed by atoms with Gasteiger partial charge in [0, 0.05) is 38.3 Å². The SMILES string of the molecule is C[C@@H](O)CN1CCN(C(=O)c2ccc3nsnc3c2)CC1. The molecule has 1 amide bonds. The van der Waals surface area contributed by atoms with E-state index >= 15 is 0 Å². The molecule has 1 aliphatic rings. The number of amides is 1. The van der Waals surface area contributed by atoms with E-state index < -0.39 is 0 Å². The fourth-order valence-corrected chi connectivity index (χ4v) is 3.12. The third-order valence-electron chi connectivity index (χ3n) is 3.68. The molecule has 0 radical (unpaired) electrons. The molecular weight excluding hydrogens is 288 g/mol. The first-order chi connectivity index (χ1) is 10.1. The molecule has 0 aliphatic carbocycles. The summed E-state index contributed by atoms with van der Waals surface area (Å²) in [6.07, 6.45) is -0.327. The van der Waals surface area contributed by atoms with Gasteiger partial charge in [-0.1, -0.05) is 0 Å². The second kappa shape index (κ2) is 6.05. The van der Waals surface area contributed by atoms with Gasteiger partial charge in [0.05, 0.1) is 17.8 Å². The van der Waals surface area contributed by atoms with Gasteiger partial charge >= 0.3 is 0 Å². The predicted molar refractivity (Wildman–Crippen MR) is 81.4 cm³/mol. The summed E-state index contributed by atoms with van der Waals surface area (Å²) in [5.74, 6) is 0.0431. The number of benzene rings is 1. The number of carbonyl (C=O) groups excluding carboxylic acids is 1. The molecule has 0 saturated carbocycles. The number of nitrogens with zero attached hydrogens (tertiary/aromatic N) is 4. The third-order valence-corrected chi connectivity index (χ3v) is 4.24. The summed E-state index contributed by atoms with van der Waals surface area (Å²) >= 11 is 1.16. The second-order valence-electron chi connectivity index (χ2n) is 5.41. The topological polar surface area (TPSA) is 69.6 Å². The van der Waals surface area contributed by atoms with Gasteiger partial charge in [-0.3, -0.25) is 9.69 Å². The van der Waals surface area contributed by atoms with E-state index in [1.807, 2.05) is 23.1 Å². The van der Waals surface area contributed by atoms with E-state index in [9.17, 15) is 9.90 Å². The van der Waals surface area contributed by atoms with Crippen molar-refractivity contribution in [3.05, 3.63) is 23.8 Å². The Morgan fingerprint density at radius 1 is 1.29 bits per heavy atom. The average Bonchev–Trinajstić information content (AvgIpc) is 2.94. The van der Waals surface area contributed by atoms with Crippen LogP contribution < -0.4 is 0 Å². The van der Waals surface area contributed by atoms with Crippen molar-refractivity contribution in [1.29, 1.82) is 0 Å². The first kappa shape index (κ1) is 14.4. The number of aliphatic hydroxyl groups is 1. The molecular formula is C14H18N4O2S. The molecule has 1 fully saturated rings. The highest BCUT2D eigenvalue weighted by atomic mass is 32.1. The van der Waals surface area contributed by atoms with E-state index in [-0.39, 0.29) is 12.0 Å². The molecule has 1 aromatic heterocycles. The van der Waals surface area contributed by atoms with Gasteiger partial charge in [-0.25, -0.2) is 0 Å². The number of aliphatic hydroxyl groups excluding tert-OH is 1. The summed E-state index contributed by atoms with van der Waals surface area (Å²) in [6.45, 7) is 5.44. The zero-order chi connectivity index (χ0) is 14.8. The molecule has 1 aliphatic heterocycles. The molecule has 1 aromatic carbocycles. The van der Waals surface area contributed by atoms with Crippen molar-refractivity contribution in [3.8, 4) is 0 Å². The molecule has 0 spiro atoms. The van der Waals surface area contributed by atoms with Crippen LogP contribution in [0.15, 0.2) is 18.2 Å². The maximum atomic E-state index is 12.5. The molecule has 112 valence electrons. The van der Waals surface area contributed by atoms with Crippen molar-refractivity contribution in [2.45, 2.75) is 13.0 Å². The predicted octanol–water partition coefficient (Wildman–Crippen LogP) is 0.830. The highest BCUT2D eigenvalue weighted by Gasteiger charge is 2.23. The van der Waals surface area contributed by atoms with Gasteiger partial charge in [0.15, 0.2) is 0 Å². The number of hydrogen-bond acceptors (Lipinski definition) is 6. The first-order valence-corrected chi connectivity index (χ1v) is 7.78. The molecule has 1 atom stereocenters. The van der Waals surface area contributed by atoms with Crippen molar-refractivity contribution in [2.75, 3.05) is 32.7 Å². The Labute approximate surface area is 127 Å². The second-order valence-corrected chi connectivity index (χ2v) is 5.94. The monoisotopic (exact) mass is 306 g/mol. The van der Waals surface area contributed by atoms with Gasteiger partial charge in [0.2, 0.25) is 0 Å². The van der Waals surface area contributed by atoms with E-state index in [0.29, 0.717) is 25.2 Å². The van der Waals surface area contributed by atoms with Gasteiger partial charge in [0.25, 0.3) is 5.91 Å². The van der Waals surface area contributed by atoms with Crippen LogP contribution in [0.4, 0.5) is 0 Å². The van der Waals surface area contributed by atoms with Crippen molar-refractivity contribution in [3.63, 3.8) is 0 Å². The fraction of sp³-hybridized carbons (Fsp3) is 0.500. The highest BCUT2D eigenvalue weighted by Crippen LogP contribution is 2.16. The van der Waals surface area contributed by atoms with Crippen molar-refractivity contribution in [2.24, 2.45) is 0 Å². The quantitative estimate of drug-likeness (QED) is 0.909. The van der Waals surface area contributed by atoms with Crippen molar-refractivity contribution < 1.29 is 9.90 Å². The Hall–Kier alpha value is -1.57. The smallest absolute Gasteiger partial charge is 0.254 e. The van der Waals surface area contributed by atoms with E-state index in [1.165, 1.54) is 0 Å². The number of β-amino-alcohol motifs (C(OH)–C–C–N with tert-alkyl or cyclic N) is 1. The molecule has 2 aromatic rings. The van der Waals surface area contributed by atoms with Crippen molar-refractivity contribution >= 4 is 28.7 Å². The van der Waals surface area contributed by atoms with Crippen LogP contribution in [0.2, 0.25) is 0 Å². The minimum absolute atomic E-state index is 0.0431. The van der Waals surface area contributed by atoms with Crippen molar-refractivity contribution in [1.82, 2.24) is 18.5 Å². The van der Waals surface area contributed by atoms with Crippen LogP contribution in [-0.2, 0) is 0 Å².